The third-order valence-electron chi connectivity index (χ3n) is 2.84. The van der Waals surface area contributed by atoms with E-state index in [1.165, 1.54) is 21.0 Å². The first-order valence-corrected chi connectivity index (χ1v) is 5.57. The average molecular weight is 276 g/mol. The molecule has 1 aromatic carbocycles. The Labute approximate surface area is 109 Å². The van der Waals surface area contributed by atoms with Crippen LogP contribution in [0.5, 0.6) is 5.75 Å². The van der Waals surface area contributed by atoms with Gasteiger partial charge in [-0.25, -0.2) is 13.2 Å². The Morgan fingerprint density at radius 1 is 1.42 bits per heavy atom. The summed E-state index contributed by atoms with van der Waals surface area (Å²) in [6.45, 7) is 3.07. The second-order valence-electron chi connectivity index (χ2n) is 4.84. The molecule has 1 N–H and O–H groups in total. The zero-order valence-electron chi connectivity index (χ0n) is 10.8. The van der Waals surface area contributed by atoms with Gasteiger partial charge in [0.25, 0.3) is 6.43 Å². The van der Waals surface area contributed by atoms with E-state index in [0.717, 1.165) is 6.07 Å². The van der Waals surface area contributed by atoms with E-state index in [1.54, 1.807) is 0 Å². The maximum Gasteiger partial charge on any atom is 0.304 e. The molecule has 0 aliphatic rings. The lowest BCUT2D eigenvalue weighted by atomic mass is 9.80. The van der Waals surface area contributed by atoms with Crippen molar-refractivity contribution in [1.82, 2.24) is 0 Å². The Bertz CT molecular complexity index is 484. The van der Waals surface area contributed by atoms with Crippen LogP contribution in [-0.2, 0) is 10.2 Å². The van der Waals surface area contributed by atoms with Gasteiger partial charge in [0.1, 0.15) is 0 Å². The van der Waals surface area contributed by atoms with Gasteiger partial charge in [-0.2, -0.15) is 0 Å². The molecular weight excluding hydrogens is 261 g/mol. The van der Waals surface area contributed by atoms with Crippen LogP contribution >= 0.6 is 0 Å². The number of rotatable bonds is 5. The van der Waals surface area contributed by atoms with E-state index in [1.807, 2.05) is 0 Å². The van der Waals surface area contributed by atoms with Gasteiger partial charge in [0.15, 0.2) is 11.6 Å². The second kappa shape index (κ2) is 5.50. The van der Waals surface area contributed by atoms with Crippen LogP contribution in [0.3, 0.4) is 0 Å². The lowest BCUT2D eigenvalue weighted by Crippen LogP contribution is -2.23. The summed E-state index contributed by atoms with van der Waals surface area (Å²) < 4.78 is 44.0. The highest BCUT2D eigenvalue weighted by molar-refractivity contribution is 5.69. The second-order valence-corrected chi connectivity index (χ2v) is 4.84. The molecule has 19 heavy (non-hydrogen) atoms. The fourth-order valence-electron chi connectivity index (χ4n) is 1.92. The number of alkyl halides is 2. The van der Waals surface area contributed by atoms with E-state index in [0.29, 0.717) is 6.07 Å². The Hall–Kier alpha value is -1.72. The number of halogens is 3. The summed E-state index contributed by atoms with van der Waals surface area (Å²) in [5.74, 6) is -2.22. The minimum absolute atomic E-state index is 0.118. The molecule has 0 unspecified atom stereocenters. The molecular formula is C13H15F3O3. The van der Waals surface area contributed by atoms with Crippen LogP contribution in [-0.4, -0.2) is 18.2 Å². The van der Waals surface area contributed by atoms with Crippen LogP contribution in [0.2, 0.25) is 0 Å². The first-order chi connectivity index (χ1) is 8.69. The molecule has 0 atom stereocenters. The Kier molecular flexibility index (Phi) is 4.44. The number of carbonyl (C=O) groups is 1. The quantitative estimate of drug-likeness (QED) is 0.895. The molecule has 0 amide bonds. The molecule has 0 radical (unpaired) electrons. The summed E-state index contributed by atoms with van der Waals surface area (Å²) in [7, 11) is 1.21. The molecule has 6 heteroatoms. The lowest BCUT2D eigenvalue weighted by molar-refractivity contribution is -0.138. The fourth-order valence-corrected chi connectivity index (χ4v) is 1.92. The maximum absolute atomic E-state index is 13.7. The lowest BCUT2D eigenvalue weighted by Gasteiger charge is -2.26. The Morgan fingerprint density at radius 3 is 2.42 bits per heavy atom. The third-order valence-corrected chi connectivity index (χ3v) is 2.84. The molecule has 1 aromatic rings. The van der Waals surface area contributed by atoms with Crippen LogP contribution in [0.1, 0.15) is 37.8 Å². The summed E-state index contributed by atoms with van der Waals surface area (Å²) in [6.07, 6.45) is -3.16. The smallest absolute Gasteiger partial charge is 0.304 e. The van der Waals surface area contributed by atoms with E-state index in [9.17, 15) is 18.0 Å². The molecule has 0 spiro atoms. The van der Waals surface area contributed by atoms with Crippen LogP contribution < -0.4 is 4.74 Å². The van der Waals surface area contributed by atoms with Crippen molar-refractivity contribution >= 4 is 5.97 Å². The van der Waals surface area contributed by atoms with Gasteiger partial charge in [0.2, 0.25) is 0 Å². The molecule has 0 bridgehead atoms. The molecule has 0 heterocycles. The molecule has 0 fully saturated rings. The van der Waals surface area contributed by atoms with Crippen molar-refractivity contribution in [3.8, 4) is 5.75 Å². The summed E-state index contributed by atoms with van der Waals surface area (Å²) in [6, 6.07) is 1.79. The van der Waals surface area contributed by atoms with Gasteiger partial charge in [-0.3, -0.25) is 4.79 Å². The number of hydrogen-bond donors (Lipinski definition) is 1. The predicted octanol–water partition coefficient (Wildman–Crippen LogP) is 3.52. The third kappa shape index (κ3) is 3.39. The highest BCUT2D eigenvalue weighted by Gasteiger charge is 2.30. The first kappa shape index (κ1) is 15.3. The monoisotopic (exact) mass is 276 g/mol. The van der Waals surface area contributed by atoms with Gasteiger partial charge in [-0.15, -0.1) is 0 Å². The first-order valence-electron chi connectivity index (χ1n) is 5.57. The van der Waals surface area contributed by atoms with Gasteiger partial charge >= 0.3 is 5.97 Å². The van der Waals surface area contributed by atoms with Crippen LogP contribution in [0.25, 0.3) is 0 Å². The number of carboxylic acid groups (broad SMARTS) is 1. The predicted molar refractivity (Wildman–Crippen MR) is 63.2 cm³/mol. The molecule has 0 aromatic heterocycles. The van der Waals surface area contributed by atoms with E-state index < -0.39 is 29.2 Å². The molecule has 0 saturated heterocycles. The summed E-state index contributed by atoms with van der Waals surface area (Å²) in [5, 5.41) is 8.84. The van der Waals surface area contributed by atoms with Crippen molar-refractivity contribution in [3.63, 3.8) is 0 Å². The normalized spacial score (nSPS) is 11.7. The molecule has 0 aliphatic carbocycles. The largest absolute Gasteiger partial charge is 0.493 e. The topological polar surface area (TPSA) is 46.5 Å². The SMILES string of the molecule is COc1c(F)cc(C(F)F)cc1C(C)(C)CC(=O)O. The van der Waals surface area contributed by atoms with E-state index >= 15 is 0 Å². The standard InChI is InChI=1S/C13H15F3O3/c1-13(2,6-10(17)18)8-4-7(12(15)16)5-9(14)11(8)19-3/h4-5,12H,6H2,1-3H3,(H,17,18). The Morgan fingerprint density at radius 2 is 2.00 bits per heavy atom. The number of benzene rings is 1. The summed E-state index contributed by atoms with van der Waals surface area (Å²) >= 11 is 0. The van der Waals surface area contributed by atoms with Crippen LogP contribution in [0.4, 0.5) is 13.2 Å². The van der Waals surface area contributed by atoms with Crippen molar-refractivity contribution in [2.24, 2.45) is 0 Å². The Balaban J connectivity index is 3.42. The minimum Gasteiger partial charge on any atom is -0.493 e. The van der Waals surface area contributed by atoms with Crippen molar-refractivity contribution in [1.29, 1.82) is 0 Å². The van der Waals surface area contributed by atoms with Gasteiger partial charge in [-0.05, 0) is 12.1 Å². The van der Waals surface area contributed by atoms with Crippen molar-refractivity contribution in [2.75, 3.05) is 7.11 Å². The van der Waals surface area contributed by atoms with E-state index in [4.69, 9.17) is 9.84 Å². The van der Waals surface area contributed by atoms with E-state index in [-0.39, 0.29) is 17.7 Å². The minimum atomic E-state index is -2.83. The van der Waals surface area contributed by atoms with Crippen LogP contribution in [0.15, 0.2) is 12.1 Å². The molecule has 1 rings (SSSR count). The van der Waals surface area contributed by atoms with Crippen molar-refractivity contribution in [2.45, 2.75) is 32.1 Å². The van der Waals surface area contributed by atoms with Gasteiger partial charge in [0.05, 0.1) is 13.5 Å². The average Bonchev–Trinajstić information content (AvgIpc) is 2.25. The molecule has 0 aliphatic heterocycles. The van der Waals surface area contributed by atoms with Gasteiger partial charge in [-0.1, -0.05) is 13.8 Å². The number of ether oxygens (including phenoxy) is 1. The molecule has 106 valence electrons. The number of hydrogen-bond acceptors (Lipinski definition) is 2. The van der Waals surface area contributed by atoms with Gasteiger partial charge < -0.3 is 9.84 Å². The maximum atomic E-state index is 13.7. The number of methoxy groups -OCH3 is 1. The summed E-state index contributed by atoms with van der Waals surface area (Å²) in [5.41, 5.74) is -1.40. The van der Waals surface area contributed by atoms with E-state index in [2.05, 4.69) is 0 Å². The number of carboxylic acids is 1. The van der Waals surface area contributed by atoms with Crippen LogP contribution in [0, 0.1) is 5.82 Å². The van der Waals surface area contributed by atoms with Crippen molar-refractivity contribution in [3.05, 3.63) is 29.1 Å². The highest BCUT2D eigenvalue weighted by Crippen LogP contribution is 2.38. The zero-order chi connectivity index (χ0) is 14.8. The number of aliphatic carboxylic acids is 1. The molecule has 3 nitrogen and oxygen atoms in total. The summed E-state index contributed by atoms with van der Waals surface area (Å²) in [4.78, 5) is 10.8. The zero-order valence-corrected chi connectivity index (χ0v) is 10.8. The van der Waals surface area contributed by atoms with Crippen molar-refractivity contribution < 1.29 is 27.8 Å². The molecule has 0 saturated carbocycles. The highest BCUT2D eigenvalue weighted by atomic mass is 19.3. The fraction of sp³-hybridized carbons (Fsp3) is 0.462. The van der Waals surface area contributed by atoms with Gasteiger partial charge in [0, 0.05) is 16.5 Å².